The Labute approximate surface area is 172 Å². The Kier molecular flexibility index (Phi) is 6.37. The van der Waals surface area contributed by atoms with Gasteiger partial charge < -0.3 is 10.8 Å². The number of rotatable bonds is 8. The summed E-state index contributed by atoms with van der Waals surface area (Å²) >= 11 is 0. The SMILES string of the molecule is CCN(CC)Cc1c(C(=O)N/N=C/c2ccc(O)c(C)c2)nnn1-c1nonc1N. The van der Waals surface area contributed by atoms with Gasteiger partial charge in [0.05, 0.1) is 11.9 Å². The number of phenolic OH excluding ortho intramolecular Hbond substituents is 1. The molecule has 12 nitrogen and oxygen atoms in total. The lowest BCUT2D eigenvalue weighted by atomic mass is 10.1. The predicted octanol–water partition coefficient (Wildman–Crippen LogP) is 0.852. The van der Waals surface area contributed by atoms with Gasteiger partial charge in [-0.3, -0.25) is 9.69 Å². The summed E-state index contributed by atoms with van der Waals surface area (Å²) in [6.45, 7) is 7.69. The van der Waals surface area contributed by atoms with Crippen LogP contribution in [0.3, 0.4) is 0 Å². The summed E-state index contributed by atoms with van der Waals surface area (Å²) in [7, 11) is 0. The summed E-state index contributed by atoms with van der Waals surface area (Å²) in [4.78, 5) is 14.8. The van der Waals surface area contributed by atoms with Gasteiger partial charge in [-0.15, -0.1) is 5.10 Å². The Hall–Kier alpha value is -3.80. The number of carbonyl (C=O) groups excluding carboxylic acids is 1. The van der Waals surface area contributed by atoms with Crippen LogP contribution in [0.1, 0.15) is 41.2 Å². The first-order chi connectivity index (χ1) is 14.4. The summed E-state index contributed by atoms with van der Waals surface area (Å²) in [5.74, 6) is -0.152. The van der Waals surface area contributed by atoms with E-state index < -0.39 is 5.91 Å². The van der Waals surface area contributed by atoms with Crippen LogP contribution in [0.25, 0.3) is 5.82 Å². The van der Waals surface area contributed by atoms with E-state index in [4.69, 9.17) is 5.73 Å². The maximum absolute atomic E-state index is 12.7. The van der Waals surface area contributed by atoms with Crippen LogP contribution in [0.2, 0.25) is 0 Å². The van der Waals surface area contributed by atoms with Gasteiger partial charge in [0.15, 0.2) is 5.69 Å². The lowest BCUT2D eigenvalue weighted by Crippen LogP contribution is -2.27. The third-order valence-corrected chi connectivity index (χ3v) is 4.54. The molecular weight excluding hydrogens is 390 g/mol. The quantitative estimate of drug-likeness (QED) is 0.359. The number of anilines is 1. The van der Waals surface area contributed by atoms with E-state index in [9.17, 15) is 9.90 Å². The van der Waals surface area contributed by atoms with Gasteiger partial charge in [0, 0.05) is 6.54 Å². The van der Waals surface area contributed by atoms with Crippen LogP contribution >= 0.6 is 0 Å². The molecule has 0 aliphatic carbocycles. The predicted molar refractivity (Wildman–Crippen MR) is 108 cm³/mol. The smallest absolute Gasteiger partial charge is 0.293 e. The molecule has 30 heavy (non-hydrogen) atoms. The van der Waals surface area contributed by atoms with Gasteiger partial charge in [-0.1, -0.05) is 19.1 Å². The lowest BCUT2D eigenvalue weighted by molar-refractivity contribution is 0.0948. The van der Waals surface area contributed by atoms with E-state index in [1.54, 1.807) is 25.1 Å². The monoisotopic (exact) mass is 413 g/mol. The maximum Gasteiger partial charge on any atom is 0.293 e. The van der Waals surface area contributed by atoms with Crippen LogP contribution in [-0.4, -0.2) is 60.5 Å². The Bertz CT molecular complexity index is 1050. The highest BCUT2D eigenvalue weighted by Gasteiger charge is 2.24. The minimum atomic E-state index is -0.537. The molecule has 0 aliphatic heterocycles. The molecule has 0 saturated carbocycles. The van der Waals surface area contributed by atoms with E-state index in [0.717, 1.165) is 18.7 Å². The number of hydrogen-bond donors (Lipinski definition) is 3. The number of nitrogens with zero attached hydrogens (tertiary/aromatic N) is 7. The summed E-state index contributed by atoms with van der Waals surface area (Å²) in [5, 5.41) is 28.9. The molecule has 12 heteroatoms. The Morgan fingerprint density at radius 3 is 2.77 bits per heavy atom. The zero-order valence-corrected chi connectivity index (χ0v) is 16.9. The van der Waals surface area contributed by atoms with Crippen LogP contribution in [0.15, 0.2) is 27.9 Å². The number of aromatic hydroxyl groups is 1. The number of hydrogen-bond acceptors (Lipinski definition) is 10. The molecule has 0 aliphatic rings. The number of benzene rings is 1. The standard InChI is InChI=1S/C18H23N9O3/c1-4-26(5-2)10-13-15(21-25-27(13)17-16(19)23-30-24-17)18(29)22-20-9-12-6-7-14(28)11(3)8-12/h6-9,28H,4-5,10H2,1-3H3,(H2,19,23)(H,22,29)/b20-9+. The van der Waals surface area contributed by atoms with Gasteiger partial charge in [-0.2, -0.15) is 9.78 Å². The largest absolute Gasteiger partial charge is 0.508 e. The molecule has 0 bridgehead atoms. The van der Waals surface area contributed by atoms with Crippen molar-refractivity contribution in [3.63, 3.8) is 0 Å². The second-order valence-electron chi connectivity index (χ2n) is 6.48. The summed E-state index contributed by atoms with van der Waals surface area (Å²) < 4.78 is 5.98. The molecular formula is C18H23N9O3. The summed E-state index contributed by atoms with van der Waals surface area (Å²) in [6.07, 6.45) is 1.47. The summed E-state index contributed by atoms with van der Waals surface area (Å²) in [5.41, 5.74) is 10.2. The van der Waals surface area contributed by atoms with Crippen LogP contribution in [0.4, 0.5) is 5.82 Å². The number of nitrogen functional groups attached to an aromatic ring is 1. The van der Waals surface area contributed by atoms with Gasteiger partial charge in [0.25, 0.3) is 5.91 Å². The first-order valence-corrected chi connectivity index (χ1v) is 9.32. The second-order valence-corrected chi connectivity index (χ2v) is 6.48. The number of phenols is 1. The topological polar surface area (TPSA) is 161 Å². The van der Waals surface area contributed by atoms with Gasteiger partial charge in [-0.05, 0) is 59.7 Å². The molecule has 2 heterocycles. The van der Waals surface area contributed by atoms with Crippen molar-refractivity contribution in [3.8, 4) is 11.6 Å². The van der Waals surface area contributed by atoms with Crippen LogP contribution < -0.4 is 11.2 Å². The number of aromatic nitrogens is 5. The molecule has 1 aromatic carbocycles. The van der Waals surface area contributed by atoms with Crippen LogP contribution in [0.5, 0.6) is 5.75 Å². The average molecular weight is 413 g/mol. The second kappa shape index (κ2) is 9.13. The van der Waals surface area contributed by atoms with Crippen molar-refractivity contribution in [1.82, 2.24) is 35.6 Å². The van der Waals surface area contributed by atoms with Gasteiger partial charge in [0.2, 0.25) is 11.6 Å². The lowest BCUT2D eigenvalue weighted by Gasteiger charge is -2.18. The van der Waals surface area contributed by atoms with E-state index in [1.165, 1.54) is 10.9 Å². The van der Waals surface area contributed by atoms with Gasteiger partial charge >= 0.3 is 0 Å². The molecule has 0 unspecified atom stereocenters. The third kappa shape index (κ3) is 4.43. The summed E-state index contributed by atoms with van der Waals surface area (Å²) in [6, 6.07) is 4.98. The van der Waals surface area contributed by atoms with E-state index >= 15 is 0 Å². The van der Waals surface area contributed by atoms with E-state index in [0.29, 0.717) is 17.8 Å². The molecule has 0 radical (unpaired) electrons. The molecule has 1 amide bonds. The van der Waals surface area contributed by atoms with Crippen molar-refractivity contribution >= 4 is 17.9 Å². The number of nitrogens with two attached hydrogens (primary N) is 1. The average Bonchev–Trinajstić information content (AvgIpc) is 3.34. The van der Waals surface area contributed by atoms with Crippen molar-refractivity contribution in [2.24, 2.45) is 5.10 Å². The molecule has 4 N–H and O–H groups in total. The maximum atomic E-state index is 12.7. The molecule has 0 atom stereocenters. The minimum absolute atomic E-state index is 0.0355. The van der Waals surface area contributed by atoms with E-state index in [1.807, 2.05) is 13.8 Å². The zero-order chi connectivity index (χ0) is 21.7. The molecule has 0 spiro atoms. The van der Waals surface area contributed by atoms with Gasteiger partial charge in [0.1, 0.15) is 5.75 Å². The number of carbonyl (C=O) groups is 1. The fraction of sp³-hybridized carbons (Fsp3) is 0.333. The molecule has 3 rings (SSSR count). The molecule has 0 saturated heterocycles. The third-order valence-electron chi connectivity index (χ3n) is 4.54. The zero-order valence-electron chi connectivity index (χ0n) is 16.9. The van der Waals surface area contributed by atoms with Crippen LogP contribution in [-0.2, 0) is 6.54 Å². The highest BCUT2D eigenvalue weighted by molar-refractivity contribution is 5.94. The van der Waals surface area contributed by atoms with E-state index in [-0.39, 0.29) is 23.1 Å². The van der Waals surface area contributed by atoms with Crippen molar-refractivity contribution in [3.05, 3.63) is 40.7 Å². The Morgan fingerprint density at radius 1 is 1.37 bits per heavy atom. The van der Waals surface area contributed by atoms with Crippen molar-refractivity contribution < 1.29 is 14.5 Å². The highest BCUT2D eigenvalue weighted by Crippen LogP contribution is 2.18. The van der Waals surface area contributed by atoms with Crippen molar-refractivity contribution in [2.45, 2.75) is 27.3 Å². The Morgan fingerprint density at radius 2 is 2.13 bits per heavy atom. The Balaban J connectivity index is 1.85. The number of aryl methyl sites for hydroxylation is 1. The van der Waals surface area contributed by atoms with Crippen molar-refractivity contribution in [1.29, 1.82) is 0 Å². The normalized spacial score (nSPS) is 11.5. The first-order valence-electron chi connectivity index (χ1n) is 9.32. The molecule has 0 fully saturated rings. The number of hydrazone groups is 1. The van der Waals surface area contributed by atoms with Crippen LogP contribution in [0, 0.1) is 6.92 Å². The minimum Gasteiger partial charge on any atom is -0.508 e. The van der Waals surface area contributed by atoms with E-state index in [2.05, 4.69) is 40.7 Å². The number of amides is 1. The molecule has 158 valence electrons. The van der Waals surface area contributed by atoms with Gasteiger partial charge in [-0.25, -0.2) is 10.1 Å². The van der Waals surface area contributed by atoms with Crippen molar-refractivity contribution in [2.75, 3.05) is 18.8 Å². The fourth-order valence-electron chi connectivity index (χ4n) is 2.76. The molecule has 3 aromatic rings. The first kappa shape index (κ1) is 20.9. The molecule has 2 aromatic heterocycles. The fourth-order valence-corrected chi connectivity index (χ4v) is 2.76. The highest BCUT2D eigenvalue weighted by atomic mass is 16.6. The number of nitrogens with one attached hydrogen (secondary N) is 1.